The highest BCUT2D eigenvalue weighted by Crippen LogP contribution is 2.18. The molecular weight excluding hydrogens is 258 g/mol. The molecule has 0 unspecified atom stereocenters. The number of carbonyl (C=O) groups excluding carboxylic acids is 1. The van der Waals surface area contributed by atoms with Crippen molar-refractivity contribution in [3.05, 3.63) is 47.1 Å². The Morgan fingerprint density at radius 3 is 3.11 bits per heavy atom. The zero-order chi connectivity index (χ0) is 13.2. The molecule has 0 atom stereocenters. The number of aromatic amines is 1. The molecule has 1 aromatic carbocycles. The Morgan fingerprint density at radius 2 is 2.32 bits per heavy atom. The van der Waals surface area contributed by atoms with Gasteiger partial charge in [-0.2, -0.15) is 0 Å². The van der Waals surface area contributed by atoms with Gasteiger partial charge in [-0.1, -0.05) is 6.07 Å². The summed E-state index contributed by atoms with van der Waals surface area (Å²) in [7, 11) is 0. The van der Waals surface area contributed by atoms with Gasteiger partial charge in [0, 0.05) is 22.8 Å². The summed E-state index contributed by atoms with van der Waals surface area (Å²) < 4.78 is 0. The van der Waals surface area contributed by atoms with Gasteiger partial charge >= 0.3 is 0 Å². The average molecular weight is 271 g/mol. The maximum Gasteiger partial charge on any atom is 0.230 e. The second-order valence-electron chi connectivity index (χ2n) is 4.44. The number of fused-ring (bicyclic) bond motifs is 1. The second kappa shape index (κ2) is 4.85. The minimum atomic E-state index is -0.0402. The fourth-order valence-electron chi connectivity index (χ4n) is 2.07. The standard InChI is InChI=1S/C14H13N3OS/c1-9-6-11-7-10(2-3-12(11)16-9)8-13(18)17-14-15-4-5-19-14/h2-7,16H,8H2,1H3,(H,15,17,18). The van der Waals surface area contributed by atoms with E-state index in [1.54, 1.807) is 6.20 Å². The maximum absolute atomic E-state index is 11.9. The van der Waals surface area contributed by atoms with Crippen molar-refractivity contribution in [2.75, 3.05) is 5.32 Å². The topological polar surface area (TPSA) is 57.8 Å². The van der Waals surface area contributed by atoms with Gasteiger partial charge in [0.1, 0.15) is 0 Å². The number of thiazole rings is 1. The summed E-state index contributed by atoms with van der Waals surface area (Å²) in [5.74, 6) is -0.0402. The van der Waals surface area contributed by atoms with E-state index in [9.17, 15) is 4.79 Å². The third kappa shape index (κ3) is 2.66. The number of rotatable bonds is 3. The van der Waals surface area contributed by atoms with Crippen LogP contribution in [0.5, 0.6) is 0 Å². The number of H-pyrrole nitrogens is 1. The Morgan fingerprint density at radius 1 is 1.42 bits per heavy atom. The molecule has 5 heteroatoms. The van der Waals surface area contributed by atoms with E-state index in [4.69, 9.17) is 0 Å². The van der Waals surface area contributed by atoms with Crippen molar-refractivity contribution < 1.29 is 4.79 Å². The molecule has 0 bridgehead atoms. The number of benzene rings is 1. The third-order valence-corrected chi connectivity index (χ3v) is 3.55. The van der Waals surface area contributed by atoms with E-state index < -0.39 is 0 Å². The Bertz CT molecular complexity index is 715. The van der Waals surface area contributed by atoms with Crippen LogP contribution in [0.3, 0.4) is 0 Å². The number of nitrogens with zero attached hydrogens (tertiary/aromatic N) is 1. The smallest absolute Gasteiger partial charge is 0.230 e. The molecule has 0 saturated carbocycles. The number of anilines is 1. The van der Waals surface area contributed by atoms with Crippen molar-refractivity contribution in [1.29, 1.82) is 0 Å². The van der Waals surface area contributed by atoms with Crippen LogP contribution < -0.4 is 5.32 Å². The van der Waals surface area contributed by atoms with E-state index in [1.165, 1.54) is 11.3 Å². The first-order valence-corrected chi connectivity index (χ1v) is 6.86. The van der Waals surface area contributed by atoms with E-state index >= 15 is 0 Å². The molecule has 0 saturated heterocycles. The summed E-state index contributed by atoms with van der Waals surface area (Å²) in [6.07, 6.45) is 2.04. The summed E-state index contributed by atoms with van der Waals surface area (Å²) in [5, 5.41) is 6.40. The normalized spacial score (nSPS) is 10.8. The molecule has 19 heavy (non-hydrogen) atoms. The largest absolute Gasteiger partial charge is 0.359 e. The molecule has 0 spiro atoms. The van der Waals surface area contributed by atoms with Crippen molar-refractivity contribution in [2.45, 2.75) is 13.3 Å². The molecular formula is C14H13N3OS. The molecule has 1 amide bonds. The number of aromatic nitrogens is 2. The molecule has 0 fully saturated rings. The first kappa shape index (κ1) is 11.9. The van der Waals surface area contributed by atoms with Gasteiger partial charge in [0.25, 0.3) is 0 Å². The minimum Gasteiger partial charge on any atom is -0.359 e. The van der Waals surface area contributed by atoms with Crippen LogP contribution in [0.2, 0.25) is 0 Å². The van der Waals surface area contributed by atoms with Gasteiger partial charge in [-0.15, -0.1) is 11.3 Å². The Kier molecular flexibility index (Phi) is 3.05. The zero-order valence-corrected chi connectivity index (χ0v) is 11.3. The van der Waals surface area contributed by atoms with Crippen LogP contribution in [0.25, 0.3) is 10.9 Å². The van der Waals surface area contributed by atoms with Gasteiger partial charge in [-0.3, -0.25) is 4.79 Å². The second-order valence-corrected chi connectivity index (χ2v) is 5.33. The molecule has 2 N–H and O–H groups in total. The van der Waals surface area contributed by atoms with E-state index in [1.807, 2.05) is 30.5 Å². The van der Waals surface area contributed by atoms with Crippen molar-refractivity contribution in [2.24, 2.45) is 0 Å². The van der Waals surface area contributed by atoms with Crippen molar-refractivity contribution in [1.82, 2.24) is 9.97 Å². The zero-order valence-electron chi connectivity index (χ0n) is 10.4. The van der Waals surface area contributed by atoms with Crippen LogP contribution in [0, 0.1) is 6.92 Å². The predicted molar refractivity (Wildman–Crippen MR) is 77.5 cm³/mol. The lowest BCUT2D eigenvalue weighted by atomic mass is 10.1. The van der Waals surface area contributed by atoms with Crippen molar-refractivity contribution in [3.63, 3.8) is 0 Å². The predicted octanol–water partition coefficient (Wildman–Crippen LogP) is 3.11. The SMILES string of the molecule is Cc1cc2cc(CC(=O)Nc3nccs3)ccc2[nH]1. The molecule has 2 heterocycles. The van der Waals surface area contributed by atoms with Crippen LogP contribution in [0.1, 0.15) is 11.3 Å². The molecule has 0 radical (unpaired) electrons. The third-order valence-electron chi connectivity index (χ3n) is 2.86. The van der Waals surface area contributed by atoms with Crippen molar-refractivity contribution >= 4 is 33.3 Å². The number of amides is 1. The fourth-order valence-corrected chi connectivity index (χ4v) is 2.62. The lowest BCUT2D eigenvalue weighted by Gasteiger charge is -2.02. The van der Waals surface area contributed by atoms with Gasteiger partial charge in [-0.25, -0.2) is 4.98 Å². The van der Waals surface area contributed by atoms with Crippen LogP contribution in [-0.2, 0) is 11.2 Å². The minimum absolute atomic E-state index is 0.0402. The van der Waals surface area contributed by atoms with Crippen LogP contribution in [-0.4, -0.2) is 15.9 Å². The van der Waals surface area contributed by atoms with Gasteiger partial charge in [0.05, 0.1) is 6.42 Å². The van der Waals surface area contributed by atoms with Gasteiger partial charge < -0.3 is 10.3 Å². The summed E-state index contributed by atoms with van der Waals surface area (Å²) in [4.78, 5) is 19.2. The Labute approximate surface area is 114 Å². The van der Waals surface area contributed by atoms with Crippen LogP contribution in [0.15, 0.2) is 35.8 Å². The number of hydrogen-bond donors (Lipinski definition) is 2. The van der Waals surface area contributed by atoms with E-state index in [0.29, 0.717) is 11.6 Å². The quantitative estimate of drug-likeness (QED) is 0.769. The lowest BCUT2D eigenvalue weighted by molar-refractivity contribution is -0.115. The monoisotopic (exact) mass is 271 g/mol. The summed E-state index contributed by atoms with van der Waals surface area (Å²) in [6, 6.07) is 8.10. The van der Waals surface area contributed by atoms with Crippen molar-refractivity contribution in [3.8, 4) is 0 Å². The highest BCUT2D eigenvalue weighted by molar-refractivity contribution is 7.13. The summed E-state index contributed by atoms with van der Waals surface area (Å²) >= 11 is 1.42. The lowest BCUT2D eigenvalue weighted by Crippen LogP contribution is -2.14. The van der Waals surface area contributed by atoms with E-state index in [-0.39, 0.29) is 5.91 Å². The number of aryl methyl sites for hydroxylation is 1. The highest BCUT2D eigenvalue weighted by atomic mass is 32.1. The molecule has 4 nitrogen and oxygen atoms in total. The van der Waals surface area contributed by atoms with Crippen LogP contribution >= 0.6 is 11.3 Å². The van der Waals surface area contributed by atoms with E-state index in [0.717, 1.165) is 22.2 Å². The first-order valence-electron chi connectivity index (χ1n) is 5.98. The fraction of sp³-hybridized carbons (Fsp3) is 0.143. The average Bonchev–Trinajstić information content (AvgIpc) is 2.96. The van der Waals surface area contributed by atoms with Gasteiger partial charge in [0.15, 0.2) is 5.13 Å². The van der Waals surface area contributed by atoms with Crippen LogP contribution in [0.4, 0.5) is 5.13 Å². The number of nitrogens with one attached hydrogen (secondary N) is 2. The number of carbonyl (C=O) groups is 1. The van der Waals surface area contributed by atoms with Gasteiger partial charge in [-0.05, 0) is 36.1 Å². The molecule has 0 aliphatic rings. The summed E-state index contributed by atoms with van der Waals surface area (Å²) in [5.41, 5.74) is 3.22. The molecule has 3 aromatic rings. The molecule has 0 aliphatic carbocycles. The molecule has 96 valence electrons. The molecule has 3 rings (SSSR count). The Balaban J connectivity index is 1.75. The number of hydrogen-bond acceptors (Lipinski definition) is 3. The highest BCUT2D eigenvalue weighted by Gasteiger charge is 2.07. The van der Waals surface area contributed by atoms with Gasteiger partial charge in [0.2, 0.25) is 5.91 Å². The first-order chi connectivity index (χ1) is 9.20. The molecule has 0 aliphatic heterocycles. The van der Waals surface area contributed by atoms with E-state index in [2.05, 4.69) is 21.4 Å². The Hall–Kier alpha value is -2.14. The summed E-state index contributed by atoms with van der Waals surface area (Å²) in [6.45, 7) is 2.02. The maximum atomic E-state index is 11.9. The molecule has 2 aromatic heterocycles.